The van der Waals surface area contributed by atoms with Crippen molar-refractivity contribution in [3.8, 4) is 0 Å². The lowest BCUT2D eigenvalue weighted by molar-refractivity contribution is -0.122. The molecule has 0 bridgehead atoms. The minimum Gasteiger partial charge on any atom is -0.354 e. The zero-order chi connectivity index (χ0) is 14.4. The van der Waals surface area contributed by atoms with E-state index in [4.69, 9.17) is 17.3 Å². The van der Waals surface area contributed by atoms with Crippen molar-refractivity contribution in [2.45, 2.75) is 12.5 Å². The maximum atomic E-state index is 11.9. The summed E-state index contributed by atoms with van der Waals surface area (Å²) in [7, 11) is 0. The highest BCUT2D eigenvalue weighted by Gasteiger charge is 2.14. The van der Waals surface area contributed by atoms with Crippen molar-refractivity contribution in [2.24, 2.45) is 5.73 Å². The monoisotopic (exact) mass is 288 g/mol. The normalized spacial score (nSPS) is 11.9. The van der Waals surface area contributed by atoms with Crippen LogP contribution in [0.1, 0.15) is 17.2 Å². The number of hydrogen-bond acceptors (Lipinski definition) is 2. The lowest BCUT2D eigenvalue weighted by Gasteiger charge is -2.12. The fraction of sp³-hybridized carbons (Fsp3) is 0.188. The van der Waals surface area contributed by atoms with E-state index in [0.29, 0.717) is 11.6 Å². The maximum absolute atomic E-state index is 11.9. The Kier molecular flexibility index (Phi) is 5.16. The second-order valence-corrected chi connectivity index (χ2v) is 5.00. The number of amides is 1. The molecule has 0 aromatic heterocycles. The summed E-state index contributed by atoms with van der Waals surface area (Å²) < 4.78 is 0. The van der Waals surface area contributed by atoms with Gasteiger partial charge < -0.3 is 11.1 Å². The van der Waals surface area contributed by atoms with Gasteiger partial charge in [-0.1, -0.05) is 54.1 Å². The van der Waals surface area contributed by atoms with E-state index in [0.717, 1.165) is 17.5 Å². The third kappa shape index (κ3) is 4.08. The standard InChI is InChI=1S/C16H17ClN2O/c17-14-8-4-5-12(11-14)9-10-19-16(20)15(18)13-6-2-1-3-7-13/h1-8,11,15H,9-10,18H2,(H,19,20)/t15-/m0/s1. The molecule has 0 saturated heterocycles. The molecule has 2 aromatic rings. The third-order valence-electron chi connectivity index (χ3n) is 3.04. The first-order valence-corrected chi connectivity index (χ1v) is 6.87. The van der Waals surface area contributed by atoms with Crippen molar-refractivity contribution < 1.29 is 4.79 Å². The van der Waals surface area contributed by atoms with Gasteiger partial charge in [-0.25, -0.2) is 0 Å². The first kappa shape index (κ1) is 14.6. The molecule has 0 saturated carbocycles. The smallest absolute Gasteiger partial charge is 0.241 e. The first-order valence-electron chi connectivity index (χ1n) is 6.49. The minimum absolute atomic E-state index is 0.168. The molecule has 0 aliphatic carbocycles. The molecule has 0 aliphatic heterocycles. The second-order valence-electron chi connectivity index (χ2n) is 4.56. The number of nitrogens with two attached hydrogens (primary N) is 1. The lowest BCUT2D eigenvalue weighted by Crippen LogP contribution is -2.35. The van der Waals surface area contributed by atoms with Gasteiger partial charge in [0.1, 0.15) is 6.04 Å². The van der Waals surface area contributed by atoms with Gasteiger partial charge in [0, 0.05) is 11.6 Å². The second kappa shape index (κ2) is 7.08. The first-order chi connectivity index (χ1) is 9.66. The van der Waals surface area contributed by atoms with Crippen LogP contribution in [0.15, 0.2) is 54.6 Å². The molecule has 4 heteroatoms. The Bertz CT molecular complexity index is 572. The van der Waals surface area contributed by atoms with Gasteiger partial charge in [-0.3, -0.25) is 4.79 Å². The van der Waals surface area contributed by atoms with Crippen LogP contribution in [-0.2, 0) is 11.2 Å². The molecule has 2 aromatic carbocycles. The Hall–Kier alpha value is -1.84. The third-order valence-corrected chi connectivity index (χ3v) is 3.28. The summed E-state index contributed by atoms with van der Waals surface area (Å²) in [5.74, 6) is -0.168. The zero-order valence-corrected chi connectivity index (χ0v) is 11.8. The van der Waals surface area contributed by atoms with Crippen molar-refractivity contribution in [3.05, 3.63) is 70.7 Å². The van der Waals surface area contributed by atoms with Gasteiger partial charge in [-0.2, -0.15) is 0 Å². The van der Waals surface area contributed by atoms with Crippen molar-refractivity contribution >= 4 is 17.5 Å². The number of hydrogen-bond donors (Lipinski definition) is 2. The average Bonchev–Trinajstić information content (AvgIpc) is 2.47. The molecule has 3 nitrogen and oxygen atoms in total. The van der Waals surface area contributed by atoms with Crippen molar-refractivity contribution in [2.75, 3.05) is 6.54 Å². The van der Waals surface area contributed by atoms with Gasteiger partial charge in [0.05, 0.1) is 0 Å². The van der Waals surface area contributed by atoms with Gasteiger partial charge in [0.25, 0.3) is 0 Å². The predicted molar refractivity (Wildman–Crippen MR) is 81.5 cm³/mol. The summed E-state index contributed by atoms with van der Waals surface area (Å²) in [5.41, 5.74) is 7.81. The van der Waals surface area contributed by atoms with Crippen molar-refractivity contribution in [1.29, 1.82) is 0 Å². The fourth-order valence-corrected chi connectivity index (χ4v) is 2.16. The zero-order valence-electron chi connectivity index (χ0n) is 11.1. The van der Waals surface area contributed by atoms with E-state index in [1.165, 1.54) is 0 Å². The molecular formula is C16H17ClN2O. The molecule has 1 amide bonds. The molecule has 3 N–H and O–H groups in total. The number of benzene rings is 2. The Morgan fingerprint density at radius 3 is 2.60 bits per heavy atom. The highest BCUT2D eigenvalue weighted by atomic mass is 35.5. The fourth-order valence-electron chi connectivity index (χ4n) is 1.94. The topological polar surface area (TPSA) is 55.1 Å². The largest absolute Gasteiger partial charge is 0.354 e. The molecule has 0 fully saturated rings. The van der Waals surface area contributed by atoms with E-state index in [-0.39, 0.29) is 5.91 Å². The number of rotatable bonds is 5. The summed E-state index contributed by atoms with van der Waals surface area (Å²) in [5, 5.41) is 3.55. The van der Waals surface area contributed by atoms with Gasteiger partial charge >= 0.3 is 0 Å². The van der Waals surface area contributed by atoms with Crippen LogP contribution in [0.25, 0.3) is 0 Å². The summed E-state index contributed by atoms with van der Waals surface area (Å²) in [4.78, 5) is 11.9. The van der Waals surface area contributed by atoms with Gasteiger partial charge in [0.2, 0.25) is 5.91 Å². The van der Waals surface area contributed by atoms with E-state index in [2.05, 4.69) is 5.32 Å². The van der Waals surface area contributed by atoms with E-state index in [1.54, 1.807) is 0 Å². The van der Waals surface area contributed by atoms with Crippen LogP contribution in [0.2, 0.25) is 5.02 Å². The summed E-state index contributed by atoms with van der Waals surface area (Å²) in [6, 6.07) is 16.3. The number of nitrogens with one attached hydrogen (secondary N) is 1. The van der Waals surface area contributed by atoms with Crippen LogP contribution in [0, 0.1) is 0 Å². The van der Waals surface area contributed by atoms with Gasteiger partial charge in [-0.15, -0.1) is 0 Å². The molecule has 0 unspecified atom stereocenters. The maximum Gasteiger partial charge on any atom is 0.241 e. The Morgan fingerprint density at radius 2 is 1.90 bits per heavy atom. The van der Waals surface area contributed by atoms with Crippen molar-refractivity contribution in [3.63, 3.8) is 0 Å². The molecule has 0 heterocycles. The van der Waals surface area contributed by atoms with E-state index in [1.807, 2.05) is 54.6 Å². The number of halogens is 1. The van der Waals surface area contributed by atoms with Crippen molar-refractivity contribution in [1.82, 2.24) is 5.32 Å². The Morgan fingerprint density at radius 1 is 1.15 bits per heavy atom. The van der Waals surface area contributed by atoms with Crippen LogP contribution in [0.3, 0.4) is 0 Å². The Balaban J connectivity index is 1.83. The molecule has 2 rings (SSSR count). The minimum atomic E-state index is -0.629. The van der Waals surface area contributed by atoms with Crippen LogP contribution in [-0.4, -0.2) is 12.5 Å². The van der Waals surface area contributed by atoms with E-state index in [9.17, 15) is 4.79 Å². The number of carbonyl (C=O) groups excluding carboxylic acids is 1. The molecule has 0 aliphatic rings. The summed E-state index contributed by atoms with van der Waals surface area (Å²) in [6.45, 7) is 0.541. The summed E-state index contributed by atoms with van der Waals surface area (Å²) >= 11 is 5.91. The van der Waals surface area contributed by atoms with Crippen LogP contribution < -0.4 is 11.1 Å². The van der Waals surface area contributed by atoms with Crippen LogP contribution in [0.4, 0.5) is 0 Å². The predicted octanol–water partition coefficient (Wildman–Crippen LogP) is 2.70. The van der Waals surface area contributed by atoms with Gasteiger partial charge in [0.15, 0.2) is 0 Å². The highest BCUT2D eigenvalue weighted by molar-refractivity contribution is 6.30. The molecule has 1 atom stereocenters. The van der Waals surface area contributed by atoms with Crippen LogP contribution in [0.5, 0.6) is 0 Å². The SMILES string of the molecule is N[C@H](C(=O)NCCc1cccc(Cl)c1)c1ccccc1. The Labute approximate surface area is 123 Å². The highest BCUT2D eigenvalue weighted by Crippen LogP contribution is 2.11. The molecule has 0 spiro atoms. The molecule has 0 radical (unpaired) electrons. The molecular weight excluding hydrogens is 272 g/mol. The molecule has 20 heavy (non-hydrogen) atoms. The molecule has 104 valence electrons. The van der Waals surface area contributed by atoms with E-state index >= 15 is 0 Å². The van der Waals surface area contributed by atoms with Crippen LogP contribution >= 0.6 is 11.6 Å². The quantitative estimate of drug-likeness (QED) is 0.889. The average molecular weight is 289 g/mol. The summed E-state index contributed by atoms with van der Waals surface area (Å²) in [6.07, 6.45) is 0.730. The van der Waals surface area contributed by atoms with Gasteiger partial charge in [-0.05, 0) is 29.7 Å². The van der Waals surface area contributed by atoms with E-state index < -0.39 is 6.04 Å². The lowest BCUT2D eigenvalue weighted by atomic mass is 10.1. The number of carbonyl (C=O) groups is 1.